The lowest BCUT2D eigenvalue weighted by Crippen LogP contribution is -2.72. The summed E-state index contributed by atoms with van der Waals surface area (Å²) < 4.78 is 11.3. The van der Waals surface area contributed by atoms with Crippen molar-refractivity contribution in [3.05, 3.63) is 112 Å². The van der Waals surface area contributed by atoms with Crippen LogP contribution in [-0.4, -0.2) is 146 Å². The number of imidazole rings is 1. The molecule has 77 heavy (non-hydrogen) atoms. The van der Waals surface area contributed by atoms with Crippen molar-refractivity contribution in [1.82, 2.24) is 9.97 Å². The number of carboxylic acids is 1. The second-order valence-electron chi connectivity index (χ2n) is 22.3. The van der Waals surface area contributed by atoms with Gasteiger partial charge in [0.25, 0.3) is 5.91 Å². The zero-order valence-electron chi connectivity index (χ0n) is 42.1. The number of guanidine groups is 1. The normalized spacial score (nSPS) is 34.9. The summed E-state index contributed by atoms with van der Waals surface area (Å²) in [5.74, 6) is -9.93. The Morgan fingerprint density at radius 1 is 0.974 bits per heavy atom. The molecule has 0 radical (unpaired) electrons. The standard InChI is InChI=1S/C56H66N6O15/c57-52(58)60-13-3-8-39(65)31-17-33-16-29-15-28-4-1-7-41(67)46(28)55(32(24-63)5-2-6-37(29)55)54(33)34(18-31)22-53(51(73)74)49(54)36-20-42(68)43(76-56(75)50(72)48(71)47(70)44(25-64)77-56)21-38(36)62(53)45(69)12-10-27-9-11-40(66)30(14-27)19-35-23-59-26-61-35/h1,4,7,9-12,14,20-23,26,29,31-33,37,39,44,47-50,63-68,70-72,75H,2-3,5-6,8,13,15-19,24-25H2,(H,59,61)(H,73,74)(H4,57,58,60). The zero-order chi connectivity index (χ0) is 54.5. The number of phenolic OH excluding ortho intramolecular Hbond substituents is 3. The van der Waals surface area contributed by atoms with E-state index in [9.17, 15) is 56.2 Å². The molecule has 15 atom stereocenters. The Balaban J connectivity index is 1.14. The number of aliphatic carboxylic acids is 1. The molecule has 1 amide bonds. The van der Waals surface area contributed by atoms with Gasteiger partial charge >= 0.3 is 11.9 Å². The molecule has 3 aromatic carbocycles. The number of nitrogens with two attached hydrogens (primary N) is 2. The summed E-state index contributed by atoms with van der Waals surface area (Å²) in [5.41, 5.74) is 10.2. The summed E-state index contributed by atoms with van der Waals surface area (Å²) in [6, 6.07) is 12.5. The van der Waals surface area contributed by atoms with Crippen molar-refractivity contribution in [3.8, 4) is 23.0 Å². The molecule has 11 rings (SSSR count). The lowest BCUT2D eigenvalue weighted by atomic mass is 9.30. The molecular formula is C56H66N6O15. The monoisotopic (exact) mass is 1060 g/mol. The number of carbonyl (C=O) groups is 2. The number of aliphatic hydroxyl groups is 7. The number of ether oxygens (including phenoxy) is 2. The number of rotatable bonds is 14. The Hall–Kier alpha value is -6.56. The number of aliphatic imine (C=N–C) groups is 1. The lowest BCUT2D eigenvalue weighted by Gasteiger charge is -2.73. The van der Waals surface area contributed by atoms with Gasteiger partial charge in [-0.05, 0) is 134 Å². The van der Waals surface area contributed by atoms with Crippen LogP contribution < -0.4 is 21.1 Å². The molecule has 4 fully saturated rings. The molecule has 1 saturated heterocycles. The molecule has 1 aromatic heterocycles. The number of allylic oxidation sites excluding steroid dienone is 1. The van der Waals surface area contributed by atoms with E-state index in [1.165, 1.54) is 30.6 Å². The molecule has 3 saturated carbocycles. The van der Waals surface area contributed by atoms with Gasteiger partial charge in [0.2, 0.25) is 0 Å². The van der Waals surface area contributed by atoms with Crippen LogP contribution in [0.1, 0.15) is 90.8 Å². The highest BCUT2D eigenvalue weighted by Gasteiger charge is 2.82. The Morgan fingerprint density at radius 2 is 1.78 bits per heavy atom. The number of aliphatic hydroxyl groups excluding tert-OH is 6. The van der Waals surface area contributed by atoms with Gasteiger partial charge in [0.1, 0.15) is 29.8 Å². The molecule has 3 heterocycles. The van der Waals surface area contributed by atoms with E-state index in [0.29, 0.717) is 72.9 Å². The van der Waals surface area contributed by atoms with E-state index >= 15 is 9.59 Å². The first-order chi connectivity index (χ1) is 36.8. The second kappa shape index (κ2) is 19.4. The number of aromatic hydroxyl groups is 3. The van der Waals surface area contributed by atoms with E-state index in [4.69, 9.17) is 20.9 Å². The van der Waals surface area contributed by atoms with Crippen molar-refractivity contribution < 1.29 is 75.2 Å². The number of hydrogen-bond donors (Lipinski definition) is 14. The van der Waals surface area contributed by atoms with E-state index < -0.39 is 107 Å². The van der Waals surface area contributed by atoms with E-state index in [1.807, 2.05) is 6.07 Å². The van der Waals surface area contributed by atoms with Crippen LogP contribution in [-0.2, 0) is 32.6 Å². The number of benzene rings is 3. The number of phenols is 3. The average Bonchev–Trinajstić information content (AvgIpc) is 2.75. The predicted octanol–water partition coefficient (Wildman–Crippen LogP) is 1.87. The maximum Gasteiger partial charge on any atom is 0.355 e. The molecular weight excluding hydrogens is 997 g/mol. The molecule has 21 heteroatoms. The quantitative estimate of drug-likeness (QED) is 0.0214. The van der Waals surface area contributed by atoms with Crippen LogP contribution >= 0.6 is 0 Å². The Bertz CT molecular complexity index is 3050. The van der Waals surface area contributed by atoms with Crippen LogP contribution in [0.2, 0.25) is 0 Å². The maximum absolute atomic E-state index is 15.7. The number of amides is 1. The summed E-state index contributed by atoms with van der Waals surface area (Å²) in [6.07, 6.45) is 3.11. The van der Waals surface area contributed by atoms with Crippen LogP contribution in [0, 0.1) is 35.0 Å². The van der Waals surface area contributed by atoms with Crippen LogP contribution in [0.5, 0.6) is 23.0 Å². The largest absolute Gasteiger partial charge is 0.508 e. The molecule has 2 aliphatic heterocycles. The summed E-state index contributed by atoms with van der Waals surface area (Å²) in [7, 11) is 0. The van der Waals surface area contributed by atoms with Crippen LogP contribution in [0.3, 0.4) is 0 Å². The maximum atomic E-state index is 15.7. The Labute approximate surface area is 442 Å². The summed E-state index contributed by atoms with van der Waals surface area (Å²) in [4.78, 5) is 43.3. The van der Waals surface area contributed by atoms with E-state index in [1.54, 1.807) is 36.5 Å². The van der Waals surface area contributed by atoms with E-state index in [0.717, 1.165) is 23.0 Å². The molecule has 2 bridgehead atoms. The fourth-order valence-electron chi connectivity index (χ4n) is 16.1. The Kier molecular flexibility index (Phi) is 13.2. The first-order valence-corrected chi connectivity index (χ1v) is 26.4. The van der Waals surface area contributed by atoms with Crippen LogP contribution in [0.15, 0.2) is 83.8 Å². The number of aromatic nitrogens is 2. The highest BCUT2D eigenvalue weighted by Crippen LogP contribution is 2.83. The number of anilines is 1. The Morgan fingerprint density at radius 3 is 2.51 bits per heavy atom. The van der Waals surface area contributed by atoms with Gasteiger partial charge in [-0.15, -0.1) is 0 Å². The number of carbonyl (C=O) groups excluding carboxylic acids is 1. The minimum atomic E-state index is -3.23. The van der Waals surface area contributed by atoms with E-state index in [2.05, 4.69) is 15.0 Å². The SMILES string of the molecule is NC(N)=NCCCC(O)C1CC2=CC3(C(=O)O)C(c4cc(O)c(OC5(O)OC(CO)C(O)C(O)C5O)cc4N3C(=O)C=Cc3ccc(O)c(Cc4cnc[nH]4)c3)C23C(C1)CC1Cc2cccc(O)c2C32C(CO)CCCC12. The second-order valence-corrected chi connectivity index (χ2v) is 22.3. The van der Waals surface area contributed by atoms with Crippen molar-refractivity contribution in [1.29, 1.82) is 0 Å². The molecule has 15 unspecified atom stereocenters. The fourth-order valence-corrected chi connectivity index (χ4v) is 16.1. The van der Waals surface area contributed by atoms with Gasteiger partial charge in [0, 0.05) is 71.5 Å². The third-order valence-corrected chi connectivity index (χ3v) is 18.6. The van der Waals surface area contributed by atoms with Crippen LogP contribution in [0.25, 0.3) is 6.08 Å². The third kappa shape index (κ3) is 7.78. The number of nitrogens with one attached hydrogen (secondary N) is 1. The first kappa shape index (κ1) is 52.5. The van der Waals surface area contributed by atoms with Gasteiger partial charge in [0.15, 0.2) is 29.1 Å². The van der Waals surface area contributed by atoms with Crippen molar-refractivity contribution in [2.75, 3.05) is 24.7 Å². The van der Waals surface area contributed by atoms with Gasteiger partial charge in [-0.1, -0.05) is 30.2 Å². The van der Waals surface area contributed by atoms with Crippen molar-refractivity contribution in [2.24, 2.45) is 51.5 Å². The van der Waals surface area contributed by atoms with Gasteiger partial charge in [-0.2, -0.15) is 0 Å². The van der Waals surface area contributed by atoms with Crippen molar-refractivity contribution >= 4 is 29.6 Å². The summed E-state index contributed by atoms with van der Waals surface area (Å²) in [5, 5.41) is 126. The fraction of sp³-hybridized carbons (Fsp3) is 0.500. The predicted molar refractivity (Wildman–Crippen MR) is 275 cm³/mol. The molecule has 5 aliphatic carbocycles. The number of carboxylic acid groups (broad SMARTS) is 1. The molecule has 16 N–H and O–H groups in total. The smallest absolute Gasteiger partial charge is 0.355 e. The summed E-state index contributed by atoms with van der Waals surface area (Å²) >= 11 is 0. The minimum Gasteiger partial charge on any atom is -0.508 e. The zero-order valence-corrected chi connectivity index (χ0v) is 42.1. The third-order valence-electron chi connectivity index (χ3n) is 18.6. The molecule has 410 valence electrons. The van der Waals surface area contributed by atoms with Crippen LogP contribution in [0.4, 0.5) is 5.69 Å². The number of nitrogens with zero attached hydrogens (tertiary/aromatic N) is 3. The number of H-pyrrole nitrogens is 1. The van der Waals surface area contributed by atoms with Gasteiger partial charge in [-0.3, -0.25) is 14.7 Å². The van der Waals surface area contributed by atoms with Gasteiger partial charge in [-0.25, -0.2) is 9.78 Å². The highest BCUT2D eigenvalue weighted by molar-refractivity contribution is 6.13. The van der Waals surface area contributed by atoms with Crippen molar-refractivity contribution in [2.45, 2.75) is 118 Å². The number of aromatic amines is 1. The first-order valence-electron chi connectivity index (χ1n) is 26.4. The number of hydrogen-bond acceptors (Lipinski definition) is 16. The molecule has 7 aliphatic rings. The van der Waals surface area contributed by atoms with Gasteiger partial charge < -0.3 is 82.1 Å². The van der Waals surface area contributed by atoms with Crippen molar-refractivity contribution in [3.63, 3.8) is 0 Å². The minimum absolute atomic E-state index is 0.00146. The molecule has 1 spiro atoms. The molecule has 4 aromatic rings. The lowest BCUT2D eigenvalue weighted by molar-refractivity contribution is -0.422. The highest BCUT2D eigenvalue weighted by atomic mass is 16.8. The summed E-state index contributed by atoms with van der Waals surface area (Å²) in [6.45, 7) is -1.00. The van der Waals surface area contributed by atoms with E-state index in [-0.39, 0.29) is 66.5 Å². The molecule has 21 nitrogen and oxygen atoms in total. The van der Waals surface area contributed by atoms with Gasteiger partial charge in [0.05, 0.1) is 24.7 Å². The average molecular weight is 1060 g/mol. The topological polar surface area (TPSA) is 371 Å². The number of fused-ring (bicyclic) bond motifs is 4.